The third kappa shape index (κ3) is 3.61. The second-order valence-corrected chi connectivity index (χ2v) is 7.03. The predicted molar refractivity (Wildman–Crippen MR) is 96.9 cm³/mol. The standard InChI is InChI=1S/C18H26N6O/c1-14-11-17(21-18(20-14)24-5-3-4-6-24)23-9-7-22(8-10-23)13-16-12-19-25-15(16)2/h11-12H,3-10,13H2,1-2H3. The van der Waals surface area contributed by atoms with Crippen LogP contribution in [0, 0.1) is 13.8 Å². The van der Waals surface area contributed by atoms with Gasteiger partial charge in [0.05, 0.1) is 6.20 Å². The number of aryl methyl sites for hydroxylation is 2. The van der Waals surface area contributed by atoms with Crippen LogP contribution in [0.15, 0.2) is 16.8 Å². The molecule has 0 N–H and O–H groups in total. The minimum Gasteiger partial charge on any atom is -0.361 e. The molecule has 2 fully saturated rings. The Bertz CT molecular complexity index is 716. The van der Waals surface area contributed by atoms with Crippen LogP contribution < -0.4 is 9.80 Å². The van der Waals surface area contributed by atoms with Crippen molar-refractivity contribution in [1.82, 2.24) is 20.0 Å². The van der Waals surface area contributed by atoms with Crippen molar-refractivity contribution in [2.45, 2.75) is 33.2 Å². The van der Waals surface area contributed by atoms with Crippen molar-refractivity contribution in [2.75, 3.05) is 49.1 Å². The second-order valence-electron chi connectivity index (χ2n) is 7.03. The summed E-state index contributed by atoms with van der Waals surface area (Å²) in [5.74, 6) is 2.88. The van der Waals surface area contributed by atoms with Crippen molar-refractivity contribution in [2.24, 2.45) is 0 Å². The molecule has 2 aromatic heterocycles. The minimum atomic E-state index is 0.898. The Morgan fingerprint density at radius 3 is 2.40 bits per heavy atom. The third-order valence-electron chi connectivity index (χ3n) is 5.16. The highest BCUT2D eigenvalue weighted by atomic mass is 16.5. The van der Waals surface area contributed by atoms with E-state index in [2.05, 4.69) is 37.8 Å². The maximum Gasteiger partial charge on any atom is 0.227 e. The molecule has 0 radical (unpaired) electrons. The molecule has 0 bridgehead atoms. The summed E-state index contributed by atoms with van der Waals surface area (Å²) in [6.07, 6.45) is 4.32. The van der Waals surface area contributed by atoms with E-state index in [0.29, 0.717) is 0 Å². The van der Waals surface area contributed by atoms with Crippen molar-refractivity contribution in [3.05, 3.63) is 29.3 Å². The highest BCUT2D eigenvalue weighted by Crippen LogP contribution is 2.22. The summed E-state index contributed by atoms with van der Waals surface area (Å²) in [6, 6.07) is 2.11. The number of nitrogens with zero attached hydrogens (tertiary/aromatic N) is 6. The number of hydrogen-bond acceptors (Lipinski definition) is 7. The summed E-state index contributed by atoms with van der Waals surface area (Å²) in [6.45, 7) is 11.1. The first kappa shape index (κ1) is 16.3. The summed E-state index contributed by atoms with van der Waals surface area (Å²) in [4.78, 5) is 16.6. The average molecular weight is 342 g/mol. The normalized spacial score (nSPS) is 19.0. The van der Waals surface area contributed by atoms with E-state index in [9.17, 15) is 0 Å². The molecule has 0 saturated carbocycles. The van der Waals surface area contributed by atoms with Gasteiger partial charge in [-0.25, -0.2) is 4.98 Å². The molecule has 2 saturated heterocycles. The van der Waals surface area contributed by atoms with Crippen LogP contribution in [0.25, 0.3) is 0 Å². The average Bonchev–Trinajstić information content (AvgIpc) is 3.28. The molecule has 0 aliphatic carbocycles. The van der Waals surface area contributed by atoms with Crippen LogP contribution in [-0.4, -0.2) is 59.3 Å². The molecular formula is C18H26N6O. The summed E-state index contributed by atoms with van der Waals surface area (Å²) >= 11 is 0. The van der Waals surface area contributed by atoms with Crippen LogP contribution in [0.1, 0.15) is 29.9 Å². The largest absolute Gasteiger partial charge is 0.361 e. The summed E-state index contributed by atoms with van der Waals surface area (Å²) < 4.78 is 5.16. The maximum atomic E-state index is 5.16. The van der Waals surface area contributed by atoms with Crippen LogP contribution in [0.5, 0.6) is 0 Å². The number of rotatable bonds is 4. The van der Waals surface area contributed by atoms with E-state index < -0.39 is 0 Å². The first-order valence-corrected chi connectivity index (χ1v) is 9.17. The van der Waals surface area contributed by atoms with Crippen LogP contribution in [0.3, 0.4) is 0 Å². The molecule has 0 unspecified atom stereocenters. The Kier molecular flexibility index (Phi) is 4.57. The molecule has 25 heavy (non-hydrogen) atoms. The van der Waals surface area contributed by atoms with Gasteiger partial charge in [0.15, 0.2) is 0 Å². The van der Waals surface area contributed by atoms with Gasteiger partial charge >= 0.3 is 0 Å². The van der Waals surface area contributed by atoms with E-state index in [1.165, 1.54) is 18.4 Å². The van der Waals surface area contributed by atoms with Gasteiger partial charge in [-0.05, 0) is 26.7 Å². The van der Waals surface area contributed by atoms with Crippen molar-refractivity contribution >= 4 is 11.8 Å². The molecule has 2 aromatic rings. The number of anilines is 2. The van der Waals surface area contributed by atoms with Gasteiger partial charge in [0.25, 0.3) is 0 Å². The van der Waals surface area contributed by atoms with Crippen LogP contribution in [0.2, 0.25) is 0 Å². The molecule has 4 rings (SSSR count). The zero-order chi connectivity index (χ0) is 17.2. The van der Waals surface area contributed by atoms with E-state index in [-0.39, 0.29) is 0 Å². The van der Waals surface area contributed by atoms with Gasteiger partial charge < -0.3 is 14.3 Å². The van der Waals surface area contributed by atoms with Gasteiger partial charge in [-0.3, -0.25) is 4.90 Å². The molecule has 4 heterocycles. The summed E-state index contributed by atoms with van der Waals surface area (Å²) in [5, 5.41) is 3.87. The van der Waals surface area contributed by atoms with Crippen molar-refractivity contribution in [1.29, 1.82) is 0 Å². The van der Waals surface area contributed by atoms with Crippen LogP contribution in [0.4, 0.5) is 11.8 Å². The van der Waals surface area contributed by atoms with Gasteiger partial charge in [0.2, 0.25) is 5.95 Å². The fourth-order valence-corrected chi connectivity index (χ4v) is 3.60. The fraction of sp³-hybridized carbons (Fsp3) is 0.611. The molecule has 0 atom stereocenters. The molecule has 7 nitrogen and oxygen atoms in total. The van der Waals surface area contributed by atoms with Crippen LogP contribution >= 0.6 is 0 Å². The zero-order valence-corrected chi connectivity index (χ0v) is 15.1. The molecule has 2 aliphatic rings. The summed E-state index contributed by atoms with van der Waals surface area (Å²) in [7, 11) is 0. The van der Waals surface area contributed by atoms with Crippen molar-refractivity contribution in [3.63, 3.8) is 0 Å². The monoisotopic (exact) mass is 342 g/mol. The number of aromatic nitrogens is 3. The zero-order valence-electron chi connectivity index (χ0n) is 15.1. The van der Waals surface area contributed by atoms with Gasteiger partial charge in [-0.2, -0.15) is 4.98 Å². The van der Waals surface area contributed by atoms with E-state index in [4.69, 9.17) is 9.51 Å². The van der Waals surface area contributed by atoms with Gasteiger partial charge in [-0.1, -0.05) is 5.16 Å². The SMILES string of the molecule is Cc1cc(N2CCN(Cc3cnoc3C)CC2)nc(N2CCCC2)n1. The van der Waals surface area contributed by atoms with Crippen LogP contribution in [-0.2, 0) is 6.54 Å². The van der Waals surface area contributed by atoms with E-state index >= 15 is 0 Å². The Balaban J connectivity index is 1.41. The summed E-state index contributed by atoms with van der Waals surface area (Å²) in [5.41, 5.74) is 2.23. The third-order valence-corrected chi connectivity index (χ3v) is 5.16. The fourth-order valence-electron chi connectivity index (χ4n) is 3.60. The number of hydrogen-bond donors (Lipinski definition) is 0. The lowest BCUT2D eigenvalue weighted by molar-refractivity contribution is 0.247. The second kappa shape index (κ2) is 7.00. The highest BCUT2D eigenvalue weighted by molar-refractivity contribution is 5.46. The van der Waals surface area contributed by atoms with E-state index in [1.807, 2.05) is 13.1 Å². The Morgan fingerprint density at radius 1 is 0.960 bits per heavy atom. The quantitative estimate of drug-likeness (QED) is 0.842. The molecule has 134 valence electrons. The van der Waals surface area contributed by atoms with E-state index in [1.54, 1.807) is 0 Å². The first-order valence-electron chi connectivity index (χ1n) is 9.17. The Morgan fingerprint density at radius 2 is 1.72 bits per heavy atom. The topological polar surface area (TPSA) is 61.5 Å². The predicted octanol–water partition coefficient (Wildman–Crippen LogP) is 2.00. The molecule has 7 heteroatoms. The minimum absolute atomic E-state index is 0.898. The lowest BCUT2D eigenvalue weighted by Gasteiger charge is -2.35. The number of piperazine rings is 1. The molecule has 0 amide bonds. The van der Waals surface area contributed by atoms with Crippen molar-refractivity contribution in [3.8, 4) is 0 Å². The lowest BCUT2D eigenvalue weighted by Crippen LogP contribution is -2.46. The van der Waals surface area contributed by atoms with Gasteiger partial charge in [-0.15, -0.1) is 0 Å². The van der Waals surface area contributed by atoms with Gasteiger partial charge in [0, 0.05) is 63.1 Å². The molecule has 0 aromatic carbocycles. The smallest absolute Gasteiger partial charge is 0.227 e. The van der Waals surface area contributed by atoms with Gasteiger partial charge in [0.1, 0.15) is 11.6 Å². The Labute approximate surface area is 148 Å². The molecule has 0 spiro atoms. The van der Waals surface area contributed by atoms with Crippen molar-refractivity contribution < 1.29 is 4.52 Å². The Hall–Kier alpha value is -2.15. The molecular weight excluding hydrogens is 316 g/mol. The maximum absolute atomic E-state index is 5.16. The van der Waals surface area contributed by atoms with E-state index in [0.717, 1.165) is 69.0 Å². The first-order chi connectivity index (χ1) is 12.2. The highest BCUT2D eigenvalue weighted by Gasteiger charge is 2.22. The lowest BCUT2D eigenvalue weighted by atomic mass is 10.2. The molecule has 2 aliphatic heterocycles.